The molecule has 0 aliphatic carbocycles. The molecule has 2 rings (SSSR count). The smallest absolute Gasteiger partial charge is 0.320 e. The van der Waals surface area contributed by atoms with Gasteiger partial charge < -0.3 is 4.74 Å². The van der Waals surface area contributed by atoms with Crippen LogP contribution in [0.15, 0.2) is 30.3 Å². The Kier molecular flexibility index (Phi) is 5.24. The van der Waals surface area contributed by atoms with Gasteiger partial charge in [0.15, 0.2) is 12.0 Å². The molecule has 0 N–H and O–H groups in total. The number of ether oxygens (including phenoxy) is 1. The van der Waals surface area contributed by atoms with E-state index in [0.717, 1.165) is 5.56 Å². The molecule has 0 saturated carbocycles. The molecule has 108 valence electrons. The van der Waals surface area contributed by atoms with E-state index in [1.807, 2.05) is 30.3 Å². The topological polar surface area (TPSA) is 46.6 Å². The van der Waals surface area contributed by atoms with Crippen molar-refractivity contribution < 1.29 is 18.7 Å². The maximum absolute atomic E-state index is 13.2. The number of hydrogen-bond donors (Lipinski definition) is 0. The van der Waals surface area contributed by atoms with Crippen molar-refractivity contribution in [3.8, 4) is 0 Å². The van der Waals surface area contributed by atoms with E-state index in [0.29, 0.717) is 13.0 Å². The van der Waals surface area contributed by atoms with Gasteiger partial charge in [-0.1, -0.05) is 30.3 Å². The van der Waals surface area contributed by atoms with Crippen LogP contribution in [-0.2, 0) is 20.9 Å². The number of rotatable bonds is 4. The molecule has 0 aromatic heterocycles. The van der Waals surface area contributed by atoms with Crippen molar-refractivity contribution >= 4 is 11.8 Å². The highest BCUT2D eigenvalue weighted by Crippen LogP contribution is 2.11. The molecule has 0 bridgehead atoms. The molecule has 4 nitrogen and oxygen atoms in total. The molecule has 20 heavy (non-hydrogen) atoms. The number of carbonyl (C=O) groups excluding carboxylic acids is 2. The average Bonchev–Trinajstić information content (AvgIpc) is 2.60. The van der Waals surface area contributed by atoms with Gasteiger partial charge in [0.25, 0.3) is 0 Å². The van der Waals surface area contributed by atoms with E-state index in [9.17, 15) is 14.0 Å². The number of ketones is 1. The number of Topliss-reactive ketones (excluding diaryl/α,β-unsaturated/α-hetero) is 1. The Bertz CT molecular complexity index is 463. The Morgan fingerprint density at radius 2 is 2.10 bits per heavy atom. The fraction of sp³-hybridized carbons (Fsp3) is 0.467. The molecular formula is C15H18FNO3. The molecule has 1 aromatic rings. The second-order valence-electron chi connectivity index (χ2n) is 4.93. The number of carbonyl (C=O) groups is 2. The summed E-state index contributed by atoms with van der Waals surface area (Å²) in [6.07, 6.45) is -0.562. The van der Waals surface area contributed by atoms with Crippen LogP contribution in [0, 0.1) is 0 Å². The van der Waals surface area contributed by atoms with Gasteiger partial charge >= 0.3 is 5.97 Å². The lowest BCUT2D eigenvalue weighted by Crippen LogP contribution is -2.35. The maximum atomic E-state index is 13.2. The van der Waals surface area contributed by atoms with Crippen LogP contribution >= 0.6 is 0 Å². The van der Waals surface area contributed by atoms with Gasteiger partial charge in [-0.2, -0.15) is 0 Å². The van der Waals surface area contributed by atoms with E-state index in [2.05, 4.69) is 0 Å². The van der Waals surface area contributed by atoms with Crippen LogP contribution in [0.2, 0.25) is 0 Å². The fourth-order valence-corrected chi connectivity index (χ4v) is 2.15. The van der Waals surface area contributed by atoms with Crippen molar-refractivity contribution in [1.82, 2.24) is 4.90 Å². The highest BCUT2D eigenvalue weighted by atomic mass is 19.1. The summed E-state index contributed by atoms with van der Waals surface area (Å²) < 4.78 is 18.4. The normalized spacial score (nSPS) is 20.4. The zero-order valence-electron chi connectivity index (χ0n) is 11.3. The summed E-state index contributed by atoms with van der Waals surface area (Å²) in [5.41, 5.74) is 0.914. The second-order valence-corrected chi connectivity index (χ2v) is 4.93. The summed E-state index contributed by atoms with van der Waals surface area (Å²) in [4.78, 5) is 24.8. The summed E-state index contributed by atoms with van der Waals surface area (Å²) in [7, 11) is 0. The zero-order chi connectivity index (χ0) is 14.4. The molecule has 1 aromatic carbocycles. The van der Waals surface area contributed by atoms with Crippen LogP contribution in [0.25, 0.3) is 0 Å². The third kappa shape index (κ3) is 4.42. The maximum Gasteiger partial charge on any atom is 0.320 e. The van der Waals surface area contributed by atoms with Gasteiger partial charge in [0.1, 0.15) is 6.61 Å². The van der Waals surface area contributed by atoms with Crippen molar-refractivity contribution in [3.05, 3.63) is 35.9 Å². The number of hydrogen-bond acceptors (Lipinski definition) is 4. The molecule has 5 heteroatoms. The molecule has 1 aliphatic heterocycles. The van der Waals surface area contributed by atoms with Crippen molar-refractivity contribution in [3.63, 3.8) is 0 Å². The van der Waals surface area contributed by atoms with Crippen LogP contribution in [0.1, 0.15) is 18.4 Å². The first-order chi connectivity index (χ1) is 9.65. The Morgan fingerprint density at radius 1 is 1.35 bits per heavy atom. The average molecular weight is 279 g/mol. The van der Waals surface area contributed by atoms with Gasteiger partial charge in [-0.3, -0.25) is 14.5 Å². The summed E-state index contributed by atoms with van der Waals surface area (Å²) in [6.45, 7) is 0.784. The number of benzene rings is 1. The lowest BCUT2D eigenvalue weighted by Gasteiger charge is -2.17. The highest BCUT2D eigenvalue weighted by Gasteiger charge is 2.25. The van der Waals surface area contributed by atoms with Gasteiger partial charge in [-0.25, -0.2) is 4.39 Å². The molecule has 0 radical (unpaired) electrons. The van der Waals surface area contributed by atoms with E-state index in [-0.39, 0.29) is 32.1 Å². The van der Waals surface area contributed by atoms with E-state index < -0.39 is 12.0 Å². The molecule has 1 unspecified atom stereocenters. The Morgan fingerprint density at radius 3 is 2.85 bits per heavy atom. The van der Waals surface area contributed by atoms with Crippen LogP contribution in [0.3, 0.4) is 0 Å². The first-order valence-corrected chi connectivity index (χ1v) is 6.74. The lowest BCUT2D eigenvalue weighted by atomic mass is 10.2. The van der Waals surface area contributed by atoms with Gasteiger partial charge in [0, 0.05) is 0 Å². The molecular weight excluding hydrogens is 261 g/mol. The minimum absolute atomic E-state index is 0.0123. The highest BCUT2D eigenvalue weighted by molar-refractivity contribution is 5.85. The molecule has 1 heterocycles. The van der Waals surface area contributed by atoms with Crippen molar-refractivity contribution in [2.45, 2.75) is 25.6 Å². The van der Waals surface area contributed by atoms with E-state index >= 15 is 0 Å². The van der Waals surface area contributed by atoms with Crippen LogP contribution in [-0.4, -0.2) is 42.5 Å². The third-order valence-electron chi connectivity index (χ3n) is 3.26. The van der Waals surface area contributed by atoms with Crippen molar-refractivity contribution in [1.29, 1.82) is 0 Å². The Hall–Kier alpha value is -1.75. The number of likely N-dealkylation sites (tertiary alicyclic amines) is 1. The first kappa shape index (κ1) is 14.7. The standard InChI is InChI=1S/C15H18FNO3/c16-13-7-4-8-17(9-14(13)18)10-15(19)20-11-12-5-2-1-3-6-12/h1-3,5-6,13H,4,7-11H2. The molecule has 0 spiro atoms. The quantitative estimate of drug-likeness (QED) is 0.788. The summed E-state index contributed by atoms with van der Waals surface area (Å²) in [5, 5.41) is 0. The van der Waals surface area contributed by atoms with Crippen LogP contribution in [0.4, 0.5) is 4.39 Å². The van der Waals surface area contributed by atoms with Gasteiger partial charge in [0.05, 0.1) is 13.1 Å². The van der Waals surface area contributed by atoms with E-state index in [1.165, 1.54) is 0 Å². The van der Waals surface area contributed by atoms with Crippen molar-refractivity contribution in [2.75, 3.05) is 19.6 Å². The SMILES string of the molecule is O=C(CN1CCCC(F)C(=O)C1)OCc1ccccc1. The van der Waals surface area contributed by atoms with Gasteiger partial charge in [-0.05, 0) is 24.9 Å². The predicted octanol–water partition coefficient (Wildman–Crippen LogP) is 1.73. The summed E-state index contributed by atoms with van der Waals surface area (Å²) in [5.74, 6) is -0.836. The Balaban J connectivity index is 1.78. The predicted molar refractivity (Wildman–Crippen MR) is 71.8 cm³/mol. The molecule has 1 fully saturated rings. The van der Waals surface area contributed by atoms with Crippen LogP contribution in [0.5, 0.6) is 0 Å². The largest absolute Gasteiger partial charge is 0.460 e. The minimum Gasteiger partial charge on any atom is -0.460 e. The summed E-state index contributed by atoms with van der Waals surface area (Å²) >= 11 is 0. The first-order valence-electron chi connectivity index (χ1n) is 6.74. The van der Waals surface area contributed by atoms with Crippen LogP contribution < -0.4 is 0 Å². The lowest BCUT2D eigenvalue weighted by molar-refractivity contribution is -0.146. The second kappa shape index (κ2) is 7.14. The zero-order valence-corrected chi connectivity index (χ0v) is 11.3. The molecule has 0 amide bonds. The van der Waals surface area contributed by atoms with E-state index in [1.54, 1.807) is 4.90 Å². The monoisotopic (exact) mass is 279 g/mol. The van der Waals surface area contributed by atoms with Gasteiger partial charge in [0.2, 0.25) is 0 Å². The molecule has 1 saturated heterocycles. The van der Waals surface area contributed by atoms with E-state index in [4.69, 9.17) is 4.74 Å². The summed E-state index contributed by atoms with van der Waals surface area (Å²) in [6, 6.07) is 9.38. The van der Waals surface area contributed by atoms with Gasteiger partial charge in [-0.15, -0.1) is 0 Å². The minimum atomic E-state index is -1.39. The molecule has 1 aliphatic rings. The number of halogens is 1. The number of esters is 1. The fourth-order valence-electron chi connectivity index (χ4n) is 2.15. The number of nitrogens with zero attached hydrogens (tertiary/aromatic N) is 1. The van der Waals surface area contributed by atoms with Crippen molar-refractivity contribution in [2.24, 2.45) is 0 Å². The third-order valence-corrected chi connectivity index (χ3v) is 3.26. The Labute approximate surface area is 117 Å². The molecule has 1 atom stereocenters. The number of alkyl halides is 1.